The quantitative estimate of drug-likeness (QED) is 0.733. The summed E-state index contributed by atoms with van der Waals surface area (Å²) < 4.78 is 5.43. The van der Waals surface area contributed by atoms with Gasteiger partial charge in [0.25, 0.3) is 0 Å². The first-order valence-corrected chi connectivity index (χ1v) is 4.86. The topological polar surface area (TPSA) is 21.3 Å². The highest BCUT2D eigenvalue weighted by Crippen LogP contribution is 2.12. The molecule has 1 heterocycles. The standard InChI is InChI=1S/C9H16ClNO/c1-8-7-9(3-6-12-8)11-5-2-4-10/h2,4,8-9,11H,3,5-7H2,1H3/b4-2+. The van der Waals surface area contributed by atoms with Gasteiger partial charge in [0.1, 0.15) is 0 Å². The molecule has 0 amide bonds. The third-order valence-corrected chi connectivity index (χ3v) is 2.28. The first-order chi connectivity index (χ1) is 5.83. The Kier molecular flexibility index (Phi) is 4.66. The summed E-state index contributed by atoms with van der Waals surface area (Å²) in [6.45, 7) is 3.86. The van der Waals surface area contributed by atoms with Gasteiger partial charge in [0.2, 0.25) is 0 Å². The van der Waals surface area contributed by atoms with Crippen molar-refractivity contribution in [3.63, 3.8) is 0 Å². The van der Waals surface area contributed by atoms with E-state index in [9.17, 15) is 0 Å². The number of halogens is 1. The zero-order chi connectivity index (χ0) is 8.81. The van der Waals surface area contributed by atoms with E-state index in [1.807, 2.05) is 6.08 Å². The highest BCUT2D eigenvalue weighted by atomic mass is 35.5. The van der Waals surface area contributed by atoms with Gasteiger partial charge in [0.05, 0.1) is 6.10 Å². The molecule has 1 aliphatic rings. The molecule has 70 valence electrons. The van der Waals surface area contributed by atoms with Crippen LogP contribution in [0.15, 0.2) is 11.6 Å². The van der Waals surface area contributed by atoms with Gasteiger partial charge < -0.3 is 10.1 Å². The van der Waals surface area contributed by atoms with E-state index in [-0.39, 0.29) is 0 Å². The lowest BCUT2D eigenvalue weighted by Crippen LogP contribution is -2.37. The van der Waals surface area contributed by atoms with Crippen LogP contribution in [-0.4, -0.2) is 25.3 Å². The van der Waals surface area contributed by atoms with Crippen LogP contribution in [0.3, 0.4) is 0 Å². The average molecular weight is 190 g/mol. The Morgan fingerprint density at radius 1 is 1.67 bits per heavy atom. The Labute approximate surface area is 78.9 Å². The van der Waals surface area contributed by atoms with Crippen molar-refractivity contribution >= 4 is 11.6 Å². The molecule has 0 aromatic heterocycles. The van der Waals surface area contributed by atoms with Crippen molar-refractivity contribution in [2.24, 2.45) is 0 Å². The van der Waals surface area contributed by atoms with Crippen LogP contribution in [0.2, 0.25) is 0 Å². The molecular formula is C9H16ClNO. The molecule has 12 heavy (non-hydrogen) atoms. The van der Waals surface area contributed by atoms with Gasteiger partial charge in [0, 0.05) is 24.7 Å². The van der Waals surface area contributed by atoms with Crippen molar-refractivity contribution in [1.29, 1.82) is 0 Å². The molecule has 0 spiro atoms. The van der Waals surface area contributed by atoms with E-state index in [2.05, 4.69) is 12.2 Å². The first-order valence-electron chi connectivity index (χ1n) is 4.43. The first kappa shape index (κ1) is 10.0. The van der Waals surface area contributed by atoms with Crippen LogP contribution in [0.25, 0.3) is 0 Å². The van der Waals surface area contributed by atoms with E-state index >= 15 is 0 Å². The molecule has 0 radical (unpaired) electrons. The summed E-state index contributed by atoms with van der Waals surface area (Å²) in [6, 6.07) is 0.599. The normalized spacial score (nSPS) is 31.2. The maximum atomic E-state index is 5.43. The van der Waals surface area contributed by atoms with Gasteiger partial charge in [0.15, 0.2) is 0 Å². The van der Waals surface area contributed by atoms with Crippen molar-refractivity contribution < 1.29 is 4.74 Å². The van der Waals surface area contributed by atoms with Crippen LogP contribution < -0.4 is 5.32 Å². The number of nitrogens with one attached hydrogen (secondary N) is 1. The summed E-state index contributed by atoms with van der Waals surface area (Å²) in [4.78, 5) is 0. The van der Waals surface area contributed by atoms with E-state index < -0.39 is 0 Å². The van der Waals surface area contributed by atoms with E-state index in [4.69, 9.17) is 16.3 Å². The molecular weight excluding hydrogens is 174 g/mol. The van der Waals surface area contributed by atoms with E-state index in [1.165, 1.54) is 0 Å². The predicted molar refractivity (Wildman–Crippen MR) is 51.4 cm³/mol. The summed E-state index contributed by atoms with van der Waals surface area (Å²) in [6.07, 6.45) is 4.54. The van der Waals surface area contributed by atoms with Gasteiger partial charge in [-0.3, -0.25) is 0 Å². The van der Waals surface area contributed by atoms with Crippen molar-refractivity contribution in [2.75, 3.05) is 13.2 Å². The van der Waals surface area contributed by atoms with Gasteiger partial charge in [-0.1, -0.05) is 17.7 Å². The molecule has 1 rings (SSSR count). The summed E-state index contributed by atoms with van der Waals surface area (Å²) in [5, 5.41) is 3.40. The molecule has 2 unspecified atom stereocenters. The Morgan fingerprint density at radius 3 is 3.17 bits per heavy atom. The Hall–Kier alpha value is -0.0500. The fourth-order valence-corrected chi connectivity index (χ4v) is 1.55. The minimum absolute atomic E-state index is 0.399. The lowest BCUT2D eigenvalue weighted by atomic mass is 10.0. The van der Waals surface area contributed by atoms with E-state index in [1.54, 1.807) is 5.54 Å². The minimum atomic E-state index is 0.399. The second kappa shape index (κ2) is 5.57. The number of rotatable bonds is 3. The molecule has 0 aromatic carbocycles. The molecule has 1 aliphatic heterocycles. The Balaban J connectivity index is 2.14. The van der Waals surface area contributed by atoms with Crippen LogP contribution in [0.5, 0.6) is 0 Å². The number of hydrogen-bond acceptors (Lipinski definition) is 2. The van der Waals surface area contributed by atoms with Gasteiger partial charge >= 0.3 is 0 Å². The molecule has 2 nitrogen and oxygen atoms in total. The second-order valence-electron chi connectivity index (χ2n) is 3.17. The lowest BCUT2D eigenvalue weighted by molar-refractivity contribution is 0.0140. The largest absolute Gasteiger partial charge is 0.378 e. The van der Waals surface area contributed by atoms with Gasteiger partial charge in [-0.15, -0.1) is 0 Å². The summed E-state index contributed by atoms with van der Waals surface area (Å²) in [5.74, 6) is 0. The maximum Gasteiger partial charge on any atom is 0.0561 e. The third-order valence-electron chi connectivity index (χ3n) is 2.10. The molecule has 0 bridgehead atoms. The maximum absolute atomic E-state index is 5.43. The monoisotopic (exact) mass is 189 g/mol. The number of hydrogen-bond donors (Lipinski definition) is 1. The smallest absolute Gasteiger partial charge is 0.0561 e. The van der Waals surface area contributed by atoms with Crippen molar-refractivity contribution in [3.8, 4) is 0 Å². The van der Waals surface area contributed by atoms with E-state index in [0.29, 0.717) is 12.1 Å². The fraction of sp³-hybridized carbons (Fsp3) is 0.778. The van der Waals surface area contributed by atoms with Gasteiger partial charge in [-0.05, 0) is 19.8 Å². The predicted octanol–water partition coefficient (Wildman–Crippen LogP) is 1.90. The van der Waals surface area contributed by atoms with Crippen molar-refractivity contribution in [1.82, 2.24) is 5.32 Å². The van der Waals surface area contributed by atoms with Crippen LogP contribution in [0.1, 0.15) is 19.8 Å². The average Bonchev–Trinajstić information content (AvgIpc) is 2.05. The molecule has 1 N–H and O–H groups in total. The van der Waals surface area contributed by atoms with Crippen LogP contribution in [-0.2, 0) is 4.74 Å². The second-order valence-corrected chi connectivity index (χ2v) is 3.42. The van der Waals surface area contributed by atoms with Crippen molar-refractivity contribution in [3.05, 3.63) is 11.6 Å². The molecule has 0 aliphatic carbocycles. The van der Waals surface area contributed by atoms with Crippen LogP contribution in [0.4, 0.5) is 0 Å². The minimum Gasteiger partial charge on any atom is -0.378 e. The van der Waals surface area contributed by atoms with E-state index in [0.717, 1.165) is 26.0 Å². The van der Waals surface area contributed by atoms with Gasteiger partial charge in [-0.2, -0.15) is 0 Å². The Bertz CT molecular complexity index is 149. The molecule has 0 aromatic rings. The summed E-state index contributed by atoms with van der Waals surface area (Å²) in [5.41, 5.74) is 1.55. The zero-order valence-corrected chi connectivity index (χ0v) is 8.18. The third kappa shape index (κ3) is 3.57. The van der Waals surface area contributed by atoms with Crippen LogP contribution in [0, 0.1) is 0 Å². The molecule has 2 atom stereocenters. The highest BCUT2D eigenvalue weighted by Gasteiger charge is 2.17. The van der Waals surface area contributed by atoms with Gasteiger partial charge in [-0.25, -0.2) is 0 Å². The summed E-state index contributed by atoms with van der Waals surface area (Å²) in [7, 11) is 0. The highest BCUT2D eigenvalue weighted by molar-refractivity contribution is 6.25. The molecule has 1 fully saturated rings. The lowest BCUT2D eigenvalue weighted by Gasteiger charge is -2.27. The fourth-order valence-electron chi connectivity index (χ4n) is 1.46. The summed E-state index contributed by atoms with van der Waals surface area (Å²) >= 11 is 5.40. The molecule has 1 saturated heterocycles. The van der Waals surface area contributed by atoms with Crippen LogP contribution >= 0.6 is 11.6 Å². The number of ether oxygens (including phenoxy) is 1. The SMILES string of the molecule is CC1CC(NC/C=C/Cl)CCO1. The van der Waals surface area contributed by atoms with Crippen molar-refractivity contribution in [2.45, 2.75) is 31.9 Å². The molecule has 0 saturated carbocycles. The Morgan fingerprint density at radius 2 is 2.50 bits per heavy atom. The zero-order valence-electron chi connectivity index (χ0n) is 7.42. The molecule has 3 heteroatoms.